The van der Waals surface area contributed by atoms with Gasteiger partial charge in [-0.15, -0.1) is 0 Å². The summed E-state index contributed by atoms with van der Waals surface area (Å²) < 4.78 is 2.68. The number of hydrogen-bond acceptors (Lipinski definition) is 1. The van der Waals surface area contributed by atoms with E-state index < -0.39 is 0 Å². The predicted molar refractivity (Wildman–Crippen MR) is 165 cm³/mol. The lowest BCUT2D eigenvalue weighted by Crippen LogP contribution is -2.56. The molecule has 0 amide bonds. The van der Waals surface area contributed by atoms with Crippen LogP contribution >= 0.6 is 0 Å². The van der Waals surface area contributed by atoms with Crippen LogP contribution in [-0.2, 0) is 18.3 Å². The van der Waals surface area contributed by atoms with Crippen molar-refractivity contribution in [3.8, 4) is 5.69 Å². The second-order valence-electron chi connectivity index (χ2n) is 12.3. The summed E-state index contributed by atoms with van der Waals surface area (Å²) in [4.78, 5) is 2.57. The van der Waals surface area contributed by atoms with Crippen LogP contribution in [0.2, 0.25) is 0 Å². The van der Waals surface area contributed by atoms with Crippen molar-refractivity contribution in [3.05, 3.63) is 119 Å². The van der Waals surface area contributed by atoms with Crippen LogP contribution in [0.25, 0.3) is 22.3 Å². The van der Waals surface area contributed by atoms with Gasteiger partial charge in [-0.25, -0.2) is 0 Å². The summed E-state index contributed by atoms with van der Waals surface area (Å²) in [7, 11) is 0. The minimum absolute atomic E-state index is 0.0809. The Labute approximate surface area is 230 Å². The first-order chi connectivity index (χ1) is 19.2. The summed E-state index contributed by atoms with van der Waals surface area (Å²) in [6.07, 6.45) is 6.28. The molecule has 4 aliphatic rings. The van der Waals surface area contributed by atoms with E-state index >= 15 is 0 Å². The zero-order valence-corrected chi connectivity index (χ0v) is 22.7. The molecule has 0 bridgehead atoms. The molecule has 3 heterocycles. The molecule has 0 saturated carbocycles. The number of nitrogens with zero attached hydrogens (tertiary/aromatic N) is 2. The summed E-state index contributed by atoms with van der Waals surface area (Å²) in [5, 5.41) is 1.49. The van der Waals surface area contributed by atoms with E-state index in [0.717, 1.165) is 0 Å². The molecule has 5 aromatic rings. The Balaban J connectivity index is 1.46. The van der Waals surface area contributed by atoms with Crippen molar-refractivity contribution in [1.29, 1.82) is 0 Å². The lowest BCUT2D eigenvalue weighted by molar-refractivity contribution is 0.665. The van der Waals surface area contributed by atoms with Gasteiger partial charge >= 0.3 is 0 Å². The van der Waals surface area contributed by atoms with Crippen molar-refractivity contribution in [2.45, 2.75) is 51.4 Å². The molecular formula is C36H31BN2. The fourth-order valence-electron chi connectivity index (χ4n) is 8.50. The van der Waals surface area contributed by atoms with Crippen molar-refractivity contribution >= 4 is 45.6 Å². The van der Waals surface area contributed by atoms with Gasteiger partial charge in [-0.3, -0.25) is 0 Å². The van der Waals surface area contributed by atoms with E-state index in [9.17, 15) is 0 Å². The third kappa shape index (κ3) is 2.64. The third-order valence-electron chi connectivity index (χ3n) is 10.0. The molecule has 4 aromatic carbocycles. The molecule has 188 valence electrons. The minimum Gasteiger partial charge on any atom is -0.314 e. The number of allylic oxidation sites excluding steroid dienone is 1. The highest BCUT2D eigenvalue weighted by atomic mass is 15.2. The molecule has 3 heteroatoms. The van der Waals surface area contributed by atoms with E-state index in [1.165, 1.54) is 87.8 Å². The highest BCUT2D eigenvalue weighted by Crippen LogP contribution is 2.54. The number of anilines is 2. The molecule has 2 nitrogen and oxygen atoms in total. The molecule has 0 spiro atoms. The van der Waals surface area contributed by atoms with Gasteiger partial charge < -0.3 is 9.47 Å². The van der Waals surface area contributed by atoms with Crippen LogP contribution in [-0.4, -0.2) is 11.3 Å². The lowest BCUT2D eigenvalue weighted by Gasteiger charge is -2.42. The van der Waals surface area contributed by atoms with Crippen molar-refractivity contribution in [2.24, 2.45) is 0 Å². The monoisotopic (exact) mass is 502 g/mol. The van der Waals surface area contributed by atoms with Gasteiger partial charge in [-0.1, -0.05) is 92.5 Å². The Morgan fingerprint density at radius 3 is 2.38 bits per heavy atom. The number of aromatic nitrogens is 1. The molecule has 0 radical (unpaired) electrons. The van der Waals surface area contributed by atoms with Crippen LogP contribution < -0.4 is 15.8 Å². The Hall–Kier alpha value is -3.98. The van der Waals surface area contributed by atoms with Gasteiger partial charge in [-0.05, 0) is 72.0 Å². The molecular weight excluding hydrogens is 471 g/mol. The summed E-state index contributed by atoms with van der Waals surface area (Å²) in [6, 6.07) is 34.4. The Morgan fingerprint density at radius 1 is 0.718 bits per heavy atom. The third-order valence-corrected chi connectivity index (χ3v) is 10.0. The largest absolute Gasteiger partial charge is 0.314 e. The van der Waals surface area contributed by atoms with E-state index in [2.05, 4.69) is 114 Å². The maximum Gasteiger partial charge on any atom is 0.248 e. The van der Waals surface area contributed by atoms with E-state index in [1.807, 2.05) is 0 Å². The fourth-order valence-corrected chi connectivity index (χ4v) is 8.50. The predicted octanol–water partition coefficient (Wildman–Crippen LogP) is 7.22. The maximum atomic E-state index is 2.68. The number of para-hydroxylation sites is 2. The highest BCUT2D eigenvalue weighted by molar-refractivity contribution is 6.96. The first kappa shape index (κ1) is 21.9. The van der Waals surface area contributed by atoms with Crippen LogP contribution in [0.4, 0.5) is 11.4 Å². The highest BCUT2D eigenvalue weighted by Gasteiger charge is 2.52. The fraction of sp³-hybridized carbons (Fsp3) is 0.222. The molecule has 0 fully saturated rings. The minimum atomic E-state index is -0.0809. The van der Waals surface area contributed by atoms with Crippen LogP contribution in [0.1, 0.15) is 55.5 Å². The first-order valence-electron chi connectivity index (χ1n) is 14.6. The van der Waals surface area contributed by atoms with E-state index in [0.29, 0.717) is 0 Å². The summed E-state index contributed by atoms with van der Waals surface area (Å²) >= 11 is 0. The van der Waals surface area contributed by atoms with Gasteiger partial charge in [0, 0.05) is 50.3 Å². The van der Waals surface area contributed by atoms with Crippen LogP contribution in [0.5, 0.6) is 0 Å². The second kappa shape index (κ2) is 7.57. The molecule has 0 unspecified atom stereocenters. The zero-order valence-electron chi connectivity index (χ0n) is 22.7. The lowest BCUT2D eigenvalue weighted by atomic mass is 9.30. The Kier molecular flexibility index (Phi) is 4.25. The van der Waals surface area contributed by atoms with Crippen molar-refractivity contribution in [3.63, 3.8) is 0 Å². The van der Waals surface area contributed by atoms with Gasteiger partial charge in [0.15, 0.2) is 0 Å². The van der Waals surface area contributed by atoms with E-state index in [4.69, 9.17) is 0 Å². The standard InChI is InChI=1S/C36H31BN2/c1-36(2)27-18-10-9-16-26(27)34-35(36)37-28-19-11-17-25-24-15-7-4-8-20-29(24)39(33(25)28)31-22-12-21-30(32(31)37)38(34)23-13-5-3-6-14-23/h3,5-6,9-14,16-19,21-22H,4,7-8,15,20H2,1-2H3. The molecule has 1 aromatic heterocycles. The average Bonchev–Trinajstić information content (AvgIpc) is 3.26. The van der Waals surface area contributed by atoms with Crippen LogP contribution in [0.3, 0.4) is 0 Å². The topological polar surface area (TPSA) is 8.17 Å². The zero-order chi connectivity index (χ0) is 25.9. The molecule has 39 heavy (non-hydrogen) atoms. The number of fused-ring (bicyclic) bond motifs is 8. The van der Waals surface area contributed by atoms with Crippen LogP contribution in [0.15, 0.2) is 96.5 Å². The Bertz CT molecular complexity index is 1870. The van der Waals surface area contributed by atoms with Gasteiger partial charge in [0.05, 0.1) is 0 Å². The maximum absolute atomic E-state index is 2.68. The molecule has 0 N–H and O–H groups in total. The quantitative estimate of drug-likeness (QED) is 0.174. The summed E-state index contributed by atoms with van der Waals surface area (Å²) in [5.41, 5.74) is 17.2. The van der Waals surface area contributed by atoms with Crippen molar-refractivity contribution in [2.75, 3.05) is 4.90 Å². The molecule has 2 aliphatic heterocycles. The smallest absolute Gasteiger partial charge is 0.248 e. The van der Waals surface area contributed by atoms with E-state index in [-0.39, 0.29) is 12.1 Å². The van der Waals surface area contributed by atoms with Crippen molar-refractivity contribution in [1.82, 2.24) is 4.57 Å². The molecule has 0 saturated heterocycles. The number of hydrogen-bond donors (Lipinski definition) is 0. The van der Waals surface area contributed by atoms with Gasteiger partial charge in [0.2, 0.25) is 6.71 Å². The number of aryl methyl sites for hydroxylation is 1. The summed E-state index contributed by atoms with van der Waals surface area (Å²) in [5.74, 6) is 0. The molecule has 9 rings (SSSR count). The number of rotatable bonds is 1. The van der Waals surface area contributed by atoms with Gasteiger partial charge in [0.25, 0.3) is 0 Å². The first-order valence-corrected chi connectivity index (χ1v) is 14.6. The van der Waals surface area contributed by atoms with Crippen LogP contribution in [0, 0.1) is 0 Å². The van der Waals surface area contributed by atoms with Gasteiger partial charge in [0.1, 0.15) is 0 Å². The molecule has 2 aliphatic carbocycles. The van der Waals surface area contributed by atoms with Crippen molar-refractivity contribution < 1.29 is 0 Å². The normalized spacial score (nSPS) is 18.0. The molecule has 0 atom stereocenters. The van der Waals surface area contributed by atoms with Gasteiger partial charge in [-0.2, -0.15) is 0 Å². The number of benzene rings is 4. The average molecular weight is 502 g/mol. The van der Waals surface area contributed by atoms with E-state index in [1.54, 1.807) is 16.7 Å². The summed E-state index contributed by atoms with van der Waals surface area (Å²) in [6.45, 7) is 5.14. The SMILES string of the molecule is CC1(C)C2=C(c3ccccc31)N(c1ccccc1)c1cccc3c1B2c1cccc2c4c(n-3c12)CCCCC4. The second-order valence-corrected chi connectivity index (χ2v) is 12.3. The Morgan fingerprint density at radius 2 is 1.49 bits per heavy atom.